The van der Waals surface area contributed by atoms with Crippen LogP contribution >= 0.6 is 0 Å². The van der Waals surface area contributed by atoms with Crippen LogP contribution in [0.4, 0.5) is 0 Å². The van der Waals surface area contributed by atoms with Gasteiger partial charge in [-0.2, -0.15) is 5.10 Å². The van der Waals surface area contributed by atoms with E-state index in [0.29, 0.717) is 6.54 Å². The molecule has 0 aromatic carbocycles. The van der Waals surface area contributed by atoms with Gasteiger partial charge in [0.25, 0.3) is 0 Å². The summed E-state index contributed by atoms with van der Waals surface area (Å²) in [4.78, 5) is 0. The summed E-state index contributed by atoms with van der Waals surface area (Å²) < 4.78 is 13.8. The van der Waals surface area contributed by atoms with E-state index in [1.807, 2.05) is 33.9 Å². The fourth-order valence-electron chi connectivity index (χ4n) is 2.33. The highest BCUT2D eigenvalue weighted by Crippen LogP contribution is 2.36. The van der Waals surface area contributed by atoms with E-state index >= 15 is 0 Å². The Hall–Kier alpha value is -0.845. The van der Waals surface area contributed by atoms with Crippen molar-refractivity contribution in [2.45, 2.75) is 77.7 Å². The quantitative estimate of drug-likeness (QED) is 0.812. The minimum Gasteiger partial charge on any atom is -0.399 e. The van der Waals surface area contributed by atoms with Crippen molar-refractivity contribution >= 4 is 12.6 Å². The Bertz CT molecular complexity index is 457. The molecule has 0 spiro atoms. The van der Waals surface area contributed by atoms with E-state index in [1.54, 1.807) is 10.9 Å². The second-order valence-electron chi connectivity index (χ2n) is 6.88. The summed E-state index contributed by atoms with van der Waals surface area (Å²) in [7, 11) is -0.392. The Morgan fingerprint density at radius 3 is 2.48 bits per heavy atom. The first-order chi connectivity index (χ1) is 9.75. The van der Waals surface area contributed by atoms with Gasteiger partial charge in [-0.1, -0.05) is 19.8 Å². The SMILES string of the molecule is CCCCC(O)Cn1cc(B2OC(C)(C)C(C)(C)O2)cn1. The van der Waals surface area contributed by atoms with Crippen LogP contribution in [0.5, 0.6) is 0 Å². The molecular formula is C15H27BN2O3. The summed E-state index contributed by atoms with van der Waals surface area (Å²) in [5.41, 5.74) is 0.206. The number of aliphatic hydroxyl groups is 1. The monoisotopic (exact) mass is 294 g/mol. The number of nitrogens with zero attached hydrogens (tertiary/aromatic N) is 2. The van der Waals surface area contributed by atoms with E-state index in [0.717, 1.165) is 24.7 Å². The van der Waals surface area contributed by atoms with Gasteiger partial charge < -0.3 is 14.4 Å². The first kappa shape index (κ1) is 16.5. The van der Waals surface area contributed by atoms with Crippen molar-refractivity contribution in [3.8, 4) is 0 Å². The second-order valence-corrected chi connectivity index (χ2v) is 6.88. The zero-order chi connectivity index (χ0) is 15.7. The van der Waals surface area contributed by atoms with Crippen LogP contribution in [0.25, 0.3) is 0 Å². The Morgan fingerprint density at radius 2 is 1.90 bits per heavy atom. The average Bonchev–Trinajstić information content (AvgIpc) is 2.90. The summed E-state index contributed by atoms with van der Waals surface area (Å²) in [5, 5.41) is 14.3. The number of hydrogen-bond donors (Lipinski definition) is 1. The van der Waals surface area contributed by atoms with Crippen LogP contribution in [0.2, 0.25) is 0 Å². The maximum absolute atomic E-state index is 9.95. The smallest absolute Gasteiger partial charge is 0.399 e. The molecule has 2 rings (SSSR count). The number of unbranched alkanes of at least 4 members (excludes halogenated alkanes) is 1. The van der Waals surface area contributed by atoms with Gasteiger partial charge in [0.1, 0.15) is 0 Å². The fraction of sp³-hybridized carbons (Fsp3) is 0.800. The second kappa shape index (κ2) is 6.11. The fourth-order valence-corrected chi connectivity index (χ4v) is 2.33. The zero-order valence-corrected chi connectivity index (χ0v) is 13.8. The Labute approximate surface area is 127 Å². The van der Waals surface area contributed by atoms with Crippen LogP contribution in [-0.4, -0.2) is 39.3 Å². The van der Waals surface area contributed by atoms with Crippen molar-refractivity contribution in [1.29, 1.82) is 0 Å². The molecule has 6 heteroatoms. The molecule has 118 valence electrons. The van der Waals surface area contributed by atoms with Gasteiger partial charge in [0.2, 0.25) is 0 Å². The molecule has 0 amide bonds. The van der Waals surface area contributed by atoms with Crippen molar-refractivity contribution in [1.82, 2.24) is 9.78 Å². The Balaban J connectivity index is 1.98. The molecule has 1 aromatic heterocycles. The minimum absolute atomic E-state index is 0.347. The largest absolute Gasteiger partial charge is 0.498 e. The Kier molecular flexibility index (Phi) is 4.80. The van der Waals surface area contributed by atoms with E-state index < -0.39 is 7.12 Å². The lowest BCUT2D eigenvalue weighted by atomic mass is 9.82. The molecule has 2 heterocycles. The van der Waals surface area contributed by atoms with E-state index in [1.165, 1.54) is 0 Å². The molecule has 5 nitrogen and oxygen atoms in total. The summed E-state index contributed by atoms with van der Waals surface area (Å²) >= 11 is 0. The van der Waals surface area contributed by atoms with Crippen LogP contribution in [0.15, 0.2) is 12.4 Å². The molecule has 0 radical (unpaired) electrons. The minimum atomic E-state index is -0.392. The zero-order valence-electron chi connectivity index (χ0n) is 13.8. The van der Waals surface area contributed by atoms with E-state index in [4.69, 9.17) is 9.31 Å². The molecule has 1 atom stereocenters. The standard InChI is InChI=1S/C15H27BN2O3/c1-6-7-8-13(19)11-18-10-12(9-17-18)16-20-14(2,3)15(4,5)21-16/h9-10,13,19H,6-8,11H2,1-5H3. The molecule has 0 saturated carbocycles. The van der Waals surface area contributed by atoms with Crippen LogP contribution < -0.4 is 5.46 Å². The Morgan fingerprint density at radius 1 is 1.29 bits per heavy atom. The van der Waals surface area contributed by atoms with Crippen molar-refractivity contribution in [2.24, 2.45) is 0 Å². The van der Waals surface area contributed by atoms with Gasteiger partial charge >= 0.3 is 7.12 Å². The van der Waals surface area contributed by atoms with Gasteiger partial charge in [0.15, 0.2) is 0 Å². The van der Waals surface area contributed by atoms with Crippen LogP contribution in [0.1, 0.15) is 53.9 Å². The summed E-state index contributed by atoms with van der Waals surface area (Å²) in [5.74, 6) is 0. The third-order valence-corrected chi connectivity index (χ3v) is 4.47. The number of rotatable bonds is 6. The summed E-state index contributed by atoms with van der Waals surface area (Å²) in [6, 6.07) is 0. The predicted molar refractivity (Wildman–Crippen MR) is 83.5 cm³/mol. The molecule has 1 fully saturated rings. The maximum Gasteiger partial charge on any atom is 0.498 e. The van der Waals surface area contributed by atoms with Crippen molar-refractivity contribution < 1.29 is 14.4 Å². The molecule has 0 bridgehead atoms. The van der Waals surface area contributed by atoms with E-state index in [2.05, 4.69) is 12.0 Å². The lowest BCUT2D eigenvalue weighted by Crippen LogP contribution is -2.41. The maximum atomic E-state index is 9.95. The third kappa shape index (κ3) is 3.68. The van der Waals surface area contributed by atoms with Gasteiger partial charge in [-0.15, -0.1) is 0 Å². The number of aliphatic hydroxyl groups excluding tert-OH is 1. The normalized spacial score (nSPS) is 21.7. The van der Waals surface area contributed by atoms with Crippen molar-refractivity contribution in [3.05, 3.63) is 12.4 Å². The van der Waals surface area contributed by atoms with Crippen LogP contribution in [0, 0.1) is 0 Å². The highest BCUT2D eigenvalue weighted by Gasteiger charge is 2.52. The summed E-state index contributed by atoms with van der Waals surface area (Å²) in [6.45, 7) is 10.8. The van der Waals surface area contributed by atoms with E-state index in [9.17, 15) is 5.11 Å². The number of hydrogen-bond acceptors (Lipinski definition) is 4. The molecule has 21 heavy (non-hydrogen) atoms. The molecule has 0 aliphatic carbocycles. The topological polar surface area (TPSA) is 56.5 Å². The van der Waals surface area contributed by atoms with Gasteiger partial charge in [-0.05, 0) is 34.1 Å². The molecular weight excluding hydrogens is 267 g/mol. The van der Waals surface area contributed by atoms with Gasteiger partial charge in [-0.3, -0.25) is 4.68 Å². The lowest BCUT2D eigenvalue weighted by molar-refractivity contribution is 0.00578. The van der Waals surface area contributed by atoms with Crippen LogP contribution in [0.3, 0.4) is 0 Å². The predicted octanol–water partition coefficient (Wildman–Crippen LogP) is 1.73. The third-order valence-electron chi connectivity index (χ3n) is 4.47. The van der Waals surface area contributed by atoms with Gasteiger partial charge in [0.05, 0.1) is 23.9 Å². The molecule has 1 N–H and O–H groups in total. The number of aromatic nitrogens is 2. The molecule has 1 saturated heterocycles. The van der Waals surface area contributed by atoms with Crippen molar-refractivity contribution in [2.75, 3.05) is 0 Å². The van der Waals surface area contributed by atoms with Gasteiger partial charge in [-0.25, -0.2) is 0 Å². The first-order valence-electron chi connectivity index (χ1n) is 7.81. The summed E-state index contributed by atoms with van der Waals surface area (Å²) in [6.07, 6.45) is 6.24. The van der Waals surface area contributed by atoms with E-state index in [-0.39, 0.29) is 17.3 Å². The highest BCUT2D eigenvalue weighted by atomic mass is 16.7. The lowest BCUT2D eigenvalue weighted by Gasteiger charge is -2.32. The molecule has 1 unspecified atom stereocenters. The average molecular weight is 294 g/mol. The van der Waals surface area contributed by atoms with Crippen LogP contribution in [-0.2, 0) is 15.9 Å². The van der Waals surface area contributed by atoms with Gasteiger partial charge in [0, 0.05) is 17.9 Å². The highest BCUT2D eigenvalue weighted by molar-refractivity contribution is 6.61. The molecule has 1 aromatic rings. The molecule has 1 aliphatic rings. The first-order valence-corrected chi connectivity index (χ1v) is 7.81. The van der Waals surface area contributed by atoms with Crippen molar-refractivity contribution in [3.63, 3.8) is 0 Å². The molecule has 1 aliphatic heterocycles.